The Morgan fingerprint density at radius 3 is 2.79 bits per heavy atom. The molecule has 0 bridgehead atoms. The third kappa shape index (κ3) is 3.71. The molecule has 1 atom stereocenters. The van der Waals surface area contributed by atoms with Gasteiger partial charge in [0.05, 0.1) is 6.26 Å². The maximum atomic E-state index is 5.55. The molecule has 0 fully saturated rings. The van der Waals surface area contributed by atoms with Crippen molar-refractivity contribution in [3.8, 4) is 0 Å². The van der Waals surface area contributed by atoms with Gasteiger partial charge in [-0.3, -0.25) is 0 Å². The van der Waals surface area contributed by atoms with Crippen molar-refractivity contribution in [1.82, 2.24) is 5.32 Å². The number of hydrogen-bond acceptors (Lipinski definition) is 2. The summed E-state index contributed by atoms with van der Waals surface area (Å²) in [7, 11) is 0. The van der Waals surface area contributed by atoms with Crippen molar-refractivity contribution < 1.29 is 4.42 Å². The van der Waals surface area contributed by atoms with E-state index in [0.29, 0.717) is 6.04 Å². The molecule has 102 valence electrons. The van der Waals surface area contributed by atoms with Crippen LogP contribution >= 0.6 is 15.9 Å². The molecular weight excluding hydrogens is 302 g/mol. The van der Waals surface area contributed by atoms with Crippen LogP contribution in [-0.2, 0) is 12.8 Å². The number of aryl methyl sites for hydroxylation is 1. The van der Waals surface area contributed by atoms with Gasteiger partial charge in [-0.25, -0.2) is 0 Å². The predicted octanol–water partition coefficient (Wildman–Crippen LogP) is 4.50. The number of halogens is 1. The first kappa shape index (κ1) is 14.4. The van der Waals surface area contributed by atoms with Gasteiger partial charge >= 0.3 is 0 Å². The normalized spacial score (nSPS) is 12.6. The van der Waals surface area contributed by atoms with Crippen LogP contribution in [-0.4, -0.2) is 6.54 Å². The molecule has 1 unspecified atom stereocenters. The molecule has 0 spiro atoms. The summed E-state index contributed by atoms with van der Waals surface area (Å²) in [6.45, 7) is 5.22. The van der Waals surface area contributed by atoms with E-state index in [1.54, 1.807) is 6.26 Å². The zero-order valence-electron chi connectivity index (χ0n) is 11.4. The summed E-state index contributed by atoms with van der Waals surface area (Å²) in [5, 5.41) is 3.55. The summed E-state index contributed by atoms with van der Waals surface area (Å²) < 4.78 is 6.68. The SMILES string of the molecule is CCNC(Cc1cccc(Br)c1)c1ccoc1CC. The summed E-state index contributed by atoms with van der Waals surface area (Å²) in [6, 6.07) is 10.9. The Bertz CT molecular complexity index is 521. The van der Waals surface area contributed by atoms with Crippen molar-refractivity contribution in [2.45, 2.75) is 32.7 Å². The zero-order chi connectivity index (χ0) is 13.7. The quantitative estimate of drug-likeness (QED) is 0.847. The van der Waals surface area contributed by atoms with Gasteiger partial charge in [0.2, 0.25) is 0 Å². The Hall–Kier alpha value is -1.06. The van der Waals surface area contributed by atoms with Gasteiger partial charge in [0.15, 0.2) is 0 Å². The van der Waals surface area contributed by atoms with Crippen molar-refractivity contribution in [2.75, 3.05) is 6.54 Å². The van der Waals surface area contributed by atoms with Gasteiger partial charge in [-0.15, -0.1) is 0 Å². The van der Waals surface area contributed by atoms with Crippen LogP contribution in [0.4, 0.5) is 0 Å². The highest BCUT2D eigenvalue weighted by Gasteiger charge is 2.16. The molecule has 2 rings (SSSR count). The fourth-order valence-corrected chi connectivity index (χ4v) is 2.83. The highest BCUT2D eigenvalue weighted by molar-refractivity contribution is 9.10. The molecule has 1 aromatic carbocycles. The lowest BCUT2D eigenvalue weighted by Gasteiger charge is -2.18. The average Bonchev–Trinajstić information content (AvgIpc) is 2.86. The third-order valence-electron chi connectivity index (χ3n) is 3.26. The molecule has 0 saturated heterocycles. The fraction of sp³-hybridized carbons (Fsp3) is 0.375. The Kier molecular flexibility index (Phi) is 5.23. The molecule has 1 heterocycles. The Labute approximate surface area is 123 Å². The van der Waals surface area contributed by atoms with E-state index >= 15 is 0 Å². The minimum absolute atomic E-state index is 0.313. The standard InChI is InChI=1S/C16H20BrNO/c1-3-16-14(8-9-19-16)15(18-4-2)11-12-6-5-7-13(17)10-12/h5-10,15,18H,3-4,11H2,1-2H3. The van der Waals surface area contributed by atoms with Crippen LogP contribution < -0.4 is 5.32 Å². The number of likely N-dealkylation sites (N-methyl/N-ethyl adjacent to an activating group) is 1. The van der Waals surface area contributed by atoms with Gasteiger partial charge in [-0.05, 0) is 36.7 Å². The highest BCUT2D eigenvalue weighted by atomic mass is 79.9. The minimum Gasteiger partial charge on any atom is -0.469 e. The number of nitrogens with one attached hydrogen (secondary N) is 1. The lowest BCUT2D eigenvalue weighted by Crippen LogP contribution is -2.23. The zero-order valence-corrected chi connectivity index (χ0v) is 13.0. The second-order valence-electron chi connectivity index (χ2n) is 4.60. The molecule has 0 aliphatic carbocycles. The molecule has 1 aromatic heterocycles. The summed E-state index contributed by atoms with van der Waals surface area (Å²) in [5.74, 6) is 1.08. The molecule has 2 aromatic rings. The van der Waals surface area contributed by atoms with E-state index < -0.39 is 0 Å². The highest BCUT2D eigenvalue weighted by Crippen LogP contribution is 2.24. The Morgan fingerprint density at radius 1 is 1.26 bits per heavy atom. The van der Waals surface area contributed by atoms with E-state index in [9.17, 15) is 0 Å². The monoisotopic (exact) mass is 321 g/mol. The molecule has 2 nitrogen and oxygen atoms in total. The van der Waals surface area contributed by atoms with Crippen LogP contribution in [0.1, 0.15) is 36.8 Å². The van der Waals surface area contributed by atoms with Crippen molar-refractivity contribution in [1.29, 1.82) is 0 Å². The van der Waals surface area contributed by atoms with Gasteiger partial charge < -0.3 is 9.73 Å². The maximum absolute atomic E-state index is 5.55. The lowest BCUT2D eigenvalue weighted by molar-refractivity contribution is 0.487. The summed E-state index contributed by atoms with van der Waals surface area (Å²) in [5.41, 5.74) is 2.60. The van der Waals surface area contributed by atoms with Crippen LogP contribution in [0.3, 0.4) is 0 Å². The first-order valence-corrected chi connectivity index (χ1v) is 7.58. The van der Waals surface area contributed by atoms with E-state index in [1.165, 1.54) is 11.1 Å². The van der Waals surface area contributed by atoms with E-state index in [2.05, 4.69) is 65.4 Å². The van der Waals surface area contributed by atoms with Crippen LogP contribution in [0.15, 0.2) is 45.5 Å². The minimum atomic E-state index is 0.313. The number of benzene rings is 1. The number of rotatable bonds is 6. The van der Waals surface area contributed by atoms with Gasteiger partial charge in [0.1, 0.15) is 5.76 Å². The van der Waals surface area contributed by atoms with E-state index in [1.807, 2.05) is 0 Å². The summed E-state index contributed by atoms with van der Waals surface area (Å²) in [4.78, 5) is 0. The molecule has 0 saturated carbocycles. The van der Waals surface area contributed by atoms with Gasteiger partial charge in [-0.2, -0.15) is 0 Å². The Morgan fingerprint density at radius 2 is 2.11 bits per heavy atom. The second-order valence-corrected chi connectivity index (χ2v) is 5.51. The summed E-state index contributed by atoms with van der Waals surface area (Å²) in [6.07, 6.45) is 3.70. The van der Waals surface area contributed by atoms with Crippen molar-refractivity contribution in [3.05, 3.63) is 58.0 Å². The second kappa shape index (κ2) is 6.92. The molecule has 0 aliphatic heterocycles. The van der Waals surface area contributed by atoms with Crippen molar-refractivity contribution >= 4 is 15.9 Å². The van der Waals surface area contributed by atoms with Gasteiger partial charge in [0, 0.05) is 22.5 Å². The van der Waals surface area contributed by atoms with Crippen LogP contribution in [0, 0.1) is 0 Å². The maximum Gasteiger partial charge on any atom is 0.108 e. The predicted molar refractivity (Wildman–Crippen MR) is 82.3 cm³/mol. The largest absolute Gasteiger partial charge is 0.469 e. The fourth-order valence-electron chi connectivity index (χ4n) is 2.39. The molecule has 0 aliphatic rings. The van der Waals surface area contributed by atoms with Gasteiger partial charge in [-0.1, -0.05) is 41.9 Å². The van der Waals surface area contributed by atoms with Crippen LogP contribution in [0.2, 0.25) is 0 Å². The van der Waals surface area contributed by atoms with Crippen molar-refractivity contribution in [2.24, 2.45) is 0 Å². The molecule has 0 radical (unpaired) electrons. The lowest BCUT2D eigenvalue weighted by atomic mass is 9.98. The summed E-state index contributed by atoms with van der Waals surface area (Å²) >= 11 is 3.53. The third-order valence-corrected chi connectivity index (χ3v) is 3.75. The van der Waals surface area contributed by atoms with E-state index in [0.717, 1.165) is 29.6 Å². The first-order chi connectivity index (χ1) is 9.24. The molecule has 1 N–H and O–H groups in total. The molecular formula is C16H20BrNO. The molecule has 3 heteroatoms. The molecule has 19 heavy (non-hydrogen) atoms. The molecule has 0 amide bonds. The van der Waals surface area contributed by atoms with Gasteiger partial charge in [0.25, 0.3) is 0 Å². The average molecular weight is 322 g/mol. The number of hydrogen-bond donors (Lipinski definition) is 1. The number of furan rings is 1. The Balaban J connectivity index is 2.21. The van der Waals surface area contributed by atoms with E-state index in [-0.39, 0.29) is 0 Å². The first-order valence-electron chi connectivity index (χ1n) is 6.78. The smallest absolute Gasteiger partial charge is 0.108 e. The topological polar surface area (TPSA) is 25.2 Å². The van der Waals surface area contributed by atoms with Crippen LogP contribution in [0.5, 0.6) is 0 Å². The van der Waals surface area contributed by atoms with Crippen LogP contribution in [0.25, 0.3) is 0 Å². The van der Waals surface area contributed by atoms with Crippen molar-refractivity contribution in [3.63, 3.8) is 0 Å². The van der Waals surface area contributed by atoms with E-state index in [4.69, 9.17) is 4.42 Å².